The topological polar surface area (TPSA) is 96.2 Å². The van der Waals surface area contributed by atoms with Gasteiger partial charge in [0.25, 0.3) is 5.91 Å². The fraction of sp³-hybridized carbons (Fsp3) is 0.130. The Balaban J connectivity index is 1.34. The van der Waals surface area contributed by atoms with Crippen LogP contribution < -0.4 is 16.0 Å². The van der Waals surface area contributed by atoms with Crippen molar-refractivity contribution in [2.45, 2.75) is 13.8 Å². The van der Waals surface area contributed by atoms with Crippen LogP contribution in [0.2, 0.25) is 0 Å². The van der Waals surface area contributed by atoms with Gasteiger partial charge in [0.05, 0.1) is 31.8 Å². The first-order valence-corrected chi connectivity index (χ1v) is 11.9. The van der Waals surface area contributed by atoms with Gasteiger partial charge in [-0.05, 0) is 49.7 Å². The molecule has 0 aliphatic rings. The zero-order valence-electron chi connectivity index (χ0n) is 18.2. The van der Waals surface area contributed by atoms with E-state index in [1.54, 1.807) is 36.7 Å². The molecule has 0 bridgehead atoms. The second kappa shape index (κ2) is 8.64. The van der Waals surface area contributed by atoms with Gasteiger partial charge in [-0.15, -0.1) is 11.3 Å². The Bertz CT molecular complexity index is 1470. The second-order valence-corrected chi connectivity index (χ2v) is 9.47. The van der Waals surface area contributed by atoms with Gasteiger partial charge in [0.15, 0.2) is 5.13 Å². The number of hydrogen-bond acceptors (Lipinski definition) is 8. The number of carbonyl (C=O) groups is 1. The number of nitrogens with one attached hydrogen (secondary N) is 3. The van der Waals surface area contributed by atoms with Gasteiger partial charge in [-0.25, -0.2) is 15.0 Å². The fourth-order valence-corrected chi connectivity index (χ4v) is 5.37. The van der Waals surface area contributed by atoms with Gasteiger partial charge in [0.2, 0.25) is 0 Å². The molecule has 5 aromatic heterocycles. The maximum atomic E-state index is 12.7. The molecule has 5 rings (SSSR count). The van der Waals surface area contributed by atoms with Crippen LogP contribution in [0, 0.1) is 13.8 Å². The highest BCUT2D eigenvalue weighted by Gasteiger charge is 2.16. The van der Waals surface area contributed by atoms with E-state index in [0.29, 0.717) is 16.4 Å². The van der Waals surface area contributed by atoms with Crippen LogP contribution in [-0.2, 0) is 0 Å². The molecule has 166 valence electrons. The summed E-state index contributed by atoms with van der Waals surface area (Å²) in [6.07, 6.45) is 5.55. The normalized spacial score (nSPS) is 11.0. The standard InChI is InChI=1S/C23H21N7OS2/c1-13-6-5-11-30-19(14(2)27-21(13)30)17-12-26-23(33-17)29-18-9-8-16(32-18)22(31)28-15-7-4-10-25-20(15)24-3/h4-12H,1-3H3,(H,24,25)(H,26,29)(H,28,31). The number of pyridine rings is 2. The number of thiazole rings is 1. The van der Waals surface area contributed by atoms with Crippen molar-refractivity contribution in [3.63, 3.8) is 0 Å². The number of fused-ring (bicyclic) bond motifs is 1. The highest BCUT2D eigenvalue weighted by molar-refractivity contribution is 7.20. The number of thiophene rings is 1. The molecule has 0 unspecified atom stereocenters. The van der Waals surface area contributed by atoms with Crippen LogP contribution in [0.4, 0.5) is 21.6 Å². The molecule has 0 radical (unpaired) electrons. The first-order valence-electron chi connectivity index (χ1n) is 10.2. The number of imidazole rings is 1. The molecule has 8 nitrogen and oxygen atoms in total. The number of aryl methyl sites for hydroxylation is 2. The summed E-state index contributed by atoms with van der Waals surface area (Å²) >= 11 is 2.92. The van der Waals surface area contributed by atoms with Gasteiger partial charge in [0.1, 0.15) is 11.5 Å². The lowest BCUT2D eigenvalue weighted by molar-refractivity contribution is 0.103. The van der Waals surface area contributed by atoms with Crippen molar-refractivity contribution in [1.82, 2.24) is 19.4 Å². The molecule has 1 amide bonds. The van der Waals surface area contributed by atoms with Gasteiger partial charge in [0, 0.05) is 25.6 Å². The third kappa shape index (κ3) is 4.06. The average molecular weight is 476 g/mol. The summed E-state index contributed by atoms with van der Waals surface area (Å²) < 4.78 is 2.10. The van der Waals surface area contributed by atoms with E-state index in [9.17, 15) is 4.79 Å². The largest absolute Gasteiger partial charge is 0.371 e. The van der Waals surface area contributed by atoms with Crippen LogP contribution in [-0.4, -0.2) is 32.3 Å². The molecule has 0 saturated carbocycles. The lowest BCUT2D eigenvalue weighted by Gasteiger charge is -2.08. The number of aromatic nitrogens is 4. The molecule has 0 aromatic carbocycles. The van der Waals surface area contributed by atoms with E-state index < -0.39 is 0 Å². The molecule has 0 saturated heterocycles. The minimum absolute atomic E-state index is 0.186. The minimum atomic E-state index is -0.186. The van der Waals surface area contributed by atoms with Crippen molar-refractivity contribution in [1.29, 1.82) is 0 Å². The zero-order chi connectivity index (χ0) is 22.9. The van der Waals surface area contributed by atoms with E-state index >= 15 is 0 Å². The number of anilines is 4. The predicted octanol–water partition coefficient (Wildman–Crippen LogP) is 5.57. The minimum Gasteiger partial charge on any atom is -0.371 e. The Morgan fingerprint density at radius 1 is 1.06 bits per heavy atom. The Morgan fingerprint density at radius 2 is 1.94 bits per heavy atom. The van der Waals surface area contributed by atoms with E-state index in [1.165, 1.54) is 11.3 Å². The van der Waals surface area contributed by atoms with Crippen LogP contribution >= 0.6 is 22.7 Å². The molecular weight excluding hydrogens is 454 g/mol. The van der Waals surface area contributed by atoms with E-state index in [2.05, 4.69) is 43.3 Å². The Kier molecular flexibility index (Phi) is 5.53. The first-order chi connectivity index (χ1) is 16.0. The smallest absolute Gasteiger partial charge is 0.265 e. The van der Waals surface area contributed by atoms with Gasteiger partial charge in [-0.2, -0.15) is 0 Å². The molecule has 0 atom stereocenters. The highest BCUT2D eigenvalue weighted by atomic mass is 32.1. The molecular formula is C23H21N7OS2. The second-order valence-electron chi connectivity index (χ2n) is 7.35. The van der Waals surface area contributed by atoms with Gasteiger partial charge in [-0.3, -0.25) is 9.20 Å². The van der Waals surface area contributed by atoms with Gasteiger partial charge >= 0.3 is 0 Å². The highest BCUT2D eigenvalue weighted by Crippen LogP contribution is 2.35. The summed E-state index contributed by atoms with van der Waals surface area (Å²) in [6, 6.07) is 11.4. The van der Waals surface area contributed by atoms with Crippen LogP contribution in [0.15, 0.2) is 55.0 Å². The maximum Gasteiger partial charge on any atom is 0.265 e. The summed E-state index contributed by atoms with van der Waals surface area (Å²) in [7, 11) is 1.77. The molecule has 10 heteroatoms. The molecule has 5 heterocycles. The van der Waals surface area contributed by atoms with Crippen LogP contribution in [0.5, 0.6) is 0 Å². The molecule has 0 aliphatic carbocycles. The Labute approximate surface area is 198 Å². The number of carbonyl (C=O) groups excluding carboxylic acids is 1. The molecule has 0 aliphatic heterocycles. The van der Waals surface area contributed by atoms with Crippen LogP contribution in [0.25, 0.3) is 16.2 Å². The quantitative estimate of drug-likeness (QED) is 0.297. The zero-order valence-corrected chi connectivity index (χ0v) is 19.8. The number of nitrogens with zero attached hydrogens (tertiary/aromatic N) is 4. The van der Waals surface area contributed by atoms with Crippen LogP contribution in [0.1, 0.15) is 20.9 Å². The van der Waals surface area contributed by atoms with E-state index in [0.717, 1.165) is 37.6 Å². The molecule has 0 fully saturated rings. The van der Waals surface area contributed by atoms with Crippen LogP contribution in [0.3, 0.4) is 0 Å². The SMILES string of the molecule is CNc1ncccc1NC(=O)c1ccc(Nc2ncc(-c3c(C)nc4c(C)cccn34)s2)s1. The van der Waals surface area contributed by atoms with Crippen molar-refractivity contribution < 1.29 is 4.79 Å². The van der Waals surface area contributed by atoms with Crippen molar-refractivity contribution >= 4 is 55.9 Å². The maximum absolute atomic E-state index is 12.7. The van der Waals surface area contributed by atoms with Crippen molar-refractivity contribution in [3.8, 4) is 10.6 Å². The predicted molar refractivity (Wildman–Crippen MR) is 135 cm³/mol. The van der Waals surface area contributed by atoms with E-state index in [1.807, 2.05) is 37.5 Å². The van der Waals surface area contributed by atoms with Crippen molar-refractivity contribution in [2.75, 3.05) is 23.0 Å². The van der Waals surface area contributed by atoms with Crippen molar-refractivity contribution in [2.24, 2.45) is 0 Å². The summed E-state index contributed by atoms with van der Waals surface area (Å²) in [4.78, 5) is 27.8. The lowest BCUT2D eigenvalue weighted by atomic mass is 10.3. The third-order valence-electron chi connectivity index (χ3n) is 5.11. The van der Waals surface area contributed by atoms with Gasteiger partial charge < -0.3 is 16.0 Å². The first kappa shape index (κ1) is 21.1. The number of amides is 1. The lowest BCUT2D eigenvalue weighted by Crippen LogP contribution is -2.12. The van der Waals surface area contributed by atoms with E-state index in [4.69, 9.17) is 4.98 Å². The summed E-state index contributed by atoms with van der Waals surface area (Å²) in [6.45, 7) is 4.07. The Morgan fingerprint density at radius 3 is 2.79 bits per heavy atom. The van der Waals surface area contributed by atoms with Gasteiger partial charge in [-0.1, -0.05) is 17.4 Å². The fourth-order valence-electron chi connectivity index (χ4n) is 3.58. The average Bonchev–Trinajstić information content (AvgIpc) is 3.53. The summed E-state index contributed by atoms with van der Waals surface area (Å²) in [5, 5.41) is 10.8. The van der Waals surface area contributed by atoms with Crippen molar-refractivity contribution in [3.05, 3.63) is 71.1 Å². The summed E-state index contributed by atoms with van der Waals surface area (Å²) in [5.41, 5.74) is 4.73. The Hall–Kier alpha value is -3.76. The van der Waals surface area contributed by atoms with E-state index in [-0.39, 0.29) is 5.91 Å². The monoisotopic (exact) mass is 475 g/mol. The number of hydrogen-bond donors (Lipinski definition) is 3. The third-order valence-corrected chi connectivity index (χ3v) is 7.03. The summed E-state index contributed by atoms with van der Waals surface area (Å²) in [5.74, 6) is 0.433. The molecule has 3 N–H and O–H groups in total. The number of rotatable bonds is 6. The molecule has 0 spiro atoms. The molecule has 5 aromatic rings. The molecule has 33 heavy (non-hydrogen) atoms.